The molecule has 0 atom stereocenters. The highest BCUT2D eigenvalue weighted by molar-refractivity contribution is 7.89. The highest BCUT2D eigenvalue weighted by Crippen LogP contribution is 2.38. The molecule has 0 aliphatic carbocycles. The van der Waals surface area contributed by atoms with Gasteiger partial charge in [0.2, 0.25) is 5.75 Å². The van der Waals surface area contributed by atoms with Gasteiger partial charge >= 0.3 is 0 Å². The van der Waals surface area contributed by atoms with Gasteiger partial charge in [-0.3, -0.25) is 0 Å². The Morgan fingerprint density at radius 1 is 1.00 bits per heavy atom. The fourth-order valence-electron chi connectivity index (χ4n) is 2.42. The lowest BCUT2D eigenvalue weighted by Crippen LogP contribution is -2.20. The number of methoxy groups -OCH3 is 3. The molecule has 0 fully saturated rings. The Morgan fingerprint density at radius 3 is 2.04 bits per heavy atom. The SMILES string of the molecule is CCOc1ccc(S(=O)(=O)NN=C(C)c2cc(OC)c(OC)c(OC)c2)cc1. The summed E-state index contributed by atoms with van der Waals surface area (Å²) in [6.45, 7) is 4.02. The van der Waals surface area contributed by atoms with Gasteiger partial charge in [0.15, 0.2) is 11.5 Å². The van der Waals surface area contributed by atoms with Gasteiger partial charge in [0.25, 0.3) is 10.0 Å². The summed E-state index contributed by atoms with van der Waals surface area (Å²) in [6, 6.07) is 9.47. The molecule has 152 valence electrons. The third-order valence-corrected chi connectivity index (χ3v) is 5.09. The molecule has 28 heavy (non-hydrogen) atoms. The number of ether oxygens (including phenoxy) is 4. The fourth-order valence-corrected chi connectivity index (χ4v) is 3.27. The van der Waals surface area contributed by atoms with Crippen molar-refractivity contribution in [2.24, 2.45) is 5.10 Å². The normalized spacial score (nSPS) is 11.7. The summed E-state index contributed by atoms with van der Waals surface area (Å²) in [6.07, 6.45) is 0. The van der Waals surface area contributed by atoms with Crippen molar-refractivity contribution in [1.82, 2.24) is 4.83 Å². The number of benzene rings is 2. The predicted molar refractivity (Wildman–Crippen MR) is 106 cm³/mol. The predicted octanol–water partition coefficient (Wildman–Crippen LogP) is 2.81. The second-order valence-corrected chi connectivity index (χ2v) is 7.27. The average molecular weight is 408 g/mol. The number of hydrogen-bond donors (Lipinski definition) is 1. The van der Waals surface area contributed by atoms with Crippen molar-refractivity contribution in [3.8, 4) is 23.0 Å². The third-order valence-electron chi connectivity index (χ3n) is 3.86. The van der Waals surface area contributed by atoms with E-state index in [0.717, 1.165) is 0 Å². The minimum atomic E-state index is -3.82. The van der Waals surface area contributed by atoms with Crippen molar-refractivity contribution in [1.29, 1.82) is 0 Å². The van der Waals surface area contributed by atoms with Crippen LogP contribution in [0.25, 0.3) is 0 Å². The molecule has 0 unspecified atom stereocenters. The van der Waals surface area contributed by atoms with Crippen LogP contribution in [0, 0.1) is 0 Å². The maximum Gasteiger partial charge on any atom is 0.276 e. The highest BCUT2D eigenvalue weighted by Gasteiger charge is 2.16. The molecule has 2 rings (SSSR count). The lowest BCUT2D eigenvalue weighted by atomic mass is 10.1. The van der Waals surface area contributed by atoms with E-state index in [2.05, 4.69) is 9.93 Å². The van der Waals surface area contributed by atoms with Gasteiger partial charge in [-0.15, -0.1) is 0 Å². The Bertz CT molecular complexity index is 914. The number of sulfonamides is 1. The van der Waals surface area contributed by atoms with Crippen molar-refractivity contribution in [2.75, 3.05) is 27.9 Å². The topological polar surface area (TPSA) is 95.5 Å². The molecule has 1 N–H and O–H groups in total. The molecule has 2 aromatic rings. The first-order valence-electron chi connectivity index (χ1n) is 8.45. The summed E-state index contributed by atoms with van der Waals surface area (Å²) in [5.41, 5.74) is 1.04. The first-order chi connectivity index (χ1) is 13.4. The largest absolute Gasteiger partial charge is 0.494 e. The monoisotopic (exact) mass is 408 g/mol. The first kappa shape index (κ1) is 21.4. The maximum absolute atomic E-state index is 12.5. The molecule has 8 nitrogen and oxygen atoms in total. The highest BCUT2D eigenvalue weighted by atomic mass is 32.2. The van der Waals surface area contributed by atoms with Gasteiger partial charge in [0.1, 0.15) is 5.75 Å². The lowest BCUT2D eigenvalue weighted by Gasteiger charge is -2.14. The summed E-state index contributed by atoms with van der Waals surface area (Å²) in [5.74, 6) is 1.93. The first-order valence-corrected chi connectivity index (χ1v) is 9.94. The van der Waals surface area contributed by atoms with Crippen LogP contribution < -0.4 is 23.8 Å². The fraction of sp³-hybridized carbons (Fsp3) is 0.316. The molecule has 0 aliphatic rings. The van der Waals surface area contributed by atoms with Crippen LogP contribution in [0.4, 0.5) is 0 Å². The van der Waals surface area contributed by atoms with Crippen LogP contribution >= 0.6 is 0 Å². The average Bonchev–Trinajstić information content (AvgIpc) is 2.71. The quantitative estimate of drug-likeness (QED) is 0.506. The standard InChI is InChI=1S/C19H24N2O6S/c1-6-27-15-7-9-16(10-8-15)28(22,23)21-20-13(2)14-11-17(24-3)19(26-5)18(12-14)25-4/h7-12,21H,6H2,1-5H3. The van der Waals surface area contributed by atoms with Gasteiger partial charge < -0.3 is 18.9 Å². The summed E-state index contributed by atoms with van der Waals surface area (Å²) in [5, 5.41) is 4.00. The second-order valence-electron chi connectivity index (χ2n) is 5.61. The zero-order valence-electron chi connectivity index (χ0n) is 16.5. The van der Waals surface area contributed by atoms with Crippen molar-refractivity contribution < 1.29 is 27.4 Å². The van der Waals surface area contributed by atoms with Crippen molar-refractivity contribution >= 4 is 15.7 Å². The van der Waals surface area contributed by atoms with Gasteiger partial charge in [-0.1, -0.05) is 0 Å². The number of nitrogens with zero attached hydrogens (tertiary/aromatic N) is 1. The molecule has 0 saturated heterocycles. The molecule has 0 spiro atoms. The minimum absolute atomic E-state index is 0.0809. The van der Waals surface area contributed by atoms with E-state index >= 15 is 0 Å². The van der Waals surface area contributed by atoms with Crippen LogP contribution in [0.5, 0.6) is 23.0 Å². The lowest BCUT2D eigenvalue weighted by molar-refractivity contribution is 0.324. The molecule has 0 heterocycles. The van der Waals surface area contributed by atoms with Gasteiger partial charge in [0, 0.05) is 5.56 Å². The molecule has 2 aromatic carbocycles. The number of nitrogens with one attached hydrogen (secondary N) is 1. The molecular formula is C19H24N2O6S. The van der Waals surface area contributed by atoms with Crippen molar-refractivity contribution in [2.45, 2.75) is 18.7 Å². The van der Waals surface area contributed by atoms with E-state index in [1.807, 2.05) is 6.92 Å². The van der Waals surface area contributed by atoms with E-state index in [0.29, 0.717) is 40.9 Å². The smallest absolute Gasteiger partial charge is 0.276 e. The number of hydrogen-bond acceptors (Lipinski definition) is 7. The van der Waals surface area contributed by atoms with Gasteiger partial charge in [-0.2, -0.15) is 18.4 Å². The van der Waals surface area contributed by atoms with Crippen molar-refractivity contribution in [3.05, 3.63) is 42.0 Å². The zero-order chi connectivity index (χ0) is 20.7. The van der Waals surface area contributed by atoms with Crippen LogP contribution in [0.2, 0.25) is 0 Å². The van der Waals surface area contributed by atoms with E-state index in [-0.39, 0.29) is 4.90 Å². The van der Waals surface area contributed by atoms with Crippen LogP contribution in [0.1, 0.15) is 19.4 Å². The van der Waals surface area contributed by atoms with E-state index < -0.39 is 10.0 Å². The Morgan fingerprint density at radius 2 is 1.57 bits per heavy atom. The van der Waals surface area contributed by atoms with Gasteiger partial charge in [0.05, 0.1) is 38.5 Å². The van der Waals surface area contributed by atoms with E-state index in [1.54, 1.807) is 31.2 Å². The maximum atomic E-state index is 12.5. The van der Waals surface area contributed by atoms with E-state index in [4.69, 9.17) is 18.9 Å². The molecule has 0 saturated carbocycles. The van der Waals surface area contributed by atoms with Gasteiger partial charge in [-0.25, -0.2) is 0 Å². The number of rotatable bonds is 9. The summed E-state index contributed by atoms with van der Waals surface area (Å²) in [4.78, 5) is 2.32. The molecular weight excluding hydrogens is 384 g/mol. The summed E-state index contributed by atoms with van der Waals surface area (Å²) in [7, 11) is 0.691. The van der Waals surface area contributed by atoms with E-state index in [1.165, 1.54) is 33.5 Å². The van der Waals surface area contributed by atoms with Crippen LogP contribution in [0.15, 0.2) is 46.4 Å². The molecule has 0 aliphatic heterocycles. The van der Waals surface area contributed by atoms with Crippen molar-refractivity contribution in [3.63, 3.8) is 0 Å². The molecule has 9 heteroatoms. The molecule has 0 bridgehead atoms. The molecule has 0 radical (unpaired) electrons. The Balaban J connectivity index is 2.27. The van der Waals surface area contributed by atoms with Crippen LogP contribution in [-0.4, -0.2) is 42.1 Å². The third kappa shape index (κ3) is 4.86. The van der Waals surface area contributed by atoms with E-state index in [9.17, 15) is 8.42 Å². The Hall–Kier alpha value is -2.94. The zero-order valence-corrected chi connectivity index (χ0v) is 17.3. The second kappa shape index (κ2) is 9.32. The van der Waals surface area contributed by atoms with Crippen LogP contribution in [-0.2, 0) is 10.0 Å². The summed E-state index contributed by atoms with van der Waals surface area (Å²) < 4.78 is 46.1. The minimum Gasteiger partial charge on any atom is -0.494 e. The molecule has 0 amide bonds. The van der Waals surface area contributed by atoms with Gasteiger partial charge in [-0.05, 0) is 50.2 Å². The number of hydrazone groups is 1. The Labute approximate surface area is 165 Å². The van der Waals surface area contributed by atoms with Crippen LogP contribution in [0.3, 0.4) is 0 Å². The Kier molecular flexibility index (Phi) is 7.11. The molecule has 0 aromatic heterocycles. The summed E-state index contributed by atoms with van der Waals surface area (Å²) >= 11 is 0.